The lowest BCUT2D eigenvalue weighted by molar-refractivity contribution is -0.223. The molecule has 128 valence electrons. The number of esters is 3. The van der Waals surface area contributed by atoms with Gasteiger partial charge in [0.15, 0.2) is 18.3 Å². The Bertz CT molecular complexity index is 532. The summed E-state index contributed by atoms with van der Waals surface area (Å²) in [7, 11) is 0. The summed E-state index contributed by atoms with van der Waals surface area (Å²) >= 11 is 0. The molecule has 6 atom stereocenters. The lowest BCUT2D eigenvalue weighted by Gasteiger charge is -2.44. The molecule has 11 nitrogen and oxygen atoms in total. The smallest absolute Gasteiger partial charge is 0.303 e. The van der Waals surface area contributed by atoms with Gasteiger partial charge in [-0.05, 0) is 5.53 Å². The van der Waals surface area contributed by atoms with Crippen molar-refractivity contribution in [1.82, 2.24) is 0 Å². The fourth-order valence-corrected chi connectivity index (χ4v) is 2.34. The van der Waals surface area contributed by atoms with Crippen LogP contribution in [0.3, 0.4) is 0 Å². The van der Waals surface area contributed by atoms with Gasteiger partial charge in [0.1, 0.15) is 12.1 Å². The predicted octanol–water partition coefficient (Wildman–Crippen LogP) is -0.804. The number of carbonyl (C=O) groups is 3. The van der Waals surface area contributed by atoms with Gasteiger partial charge in [-0.2, -0.15) is 0 Å². The molecule has 1 rings (SSSR count). The van der Waals surface area contributed by atoms with Gasteiger partial charge < -0.3 is 24.4 Å². The van der Waals surface area contributed by atoms with Gasteiger partial charge in [-0.3, -0.25) is 14.4 Å². The van der Waals surface area contributed by atoms with E-state index in [-0.39, 0.29) is 0 Å². The zero-order chi connectivity index (χ0) is 17.7. The van der Waals surface area contributed by atoms with E-state index in [4.69, 9.17) is 19.7 Å². The number of carbonyl (C=O) groups excluding carboxylic acids is 3. The predicted molar refractivity (Wildman–Crippen MR) is 71.6 cm³/mol. The van der Waals surface area contributed by atoms with Crippen LogP contribution in [-0.2, 0) is 28.6 Å². The van der Waals surface area contributed by atoms with Crippen LogP contribution in [0.4, 0.5) is 0 Å². The quantitative estimate of drug-likeness (QED) is 0.222. The molecule has 0 unspecified atom stereocenters. The SMILES string of the molecule is CC(=O)O[C@H]1[C@H](OC(C)=O)[C@@H](N=[N+]=[N-])[C@@H](O)[C@@H](O)[C@@H]1OC(C)=O. The first-order valence-electron chi connectivity index (χ1n) is 6.61. The molecule has 0 aliphatic heterocycles. The molecule has 1 aliphatic carbocycles. The van der Waals surface area contributed by atoms with Gasteiger partial charge in [-0.15, -0.1) is 0 Å². The van der Waals surface area contributed by atoms with Crippen LogP contribution >= 0.6 is 0 Å². The summed E-state index contributed by atoms with van der Waals surface area (Å²) in [5, 5.41) is 23.4. The van der Waals surface area contributed by atoms with Crippen molar-refractivity contribution in [1.29, 1.82) is 0 Å². The number of rotatable bonds is 4. The summed E-state index contributed by atoms with van der Waals surface area (Å²) in [6.45, 7) is 3.15. The van der Waals surface area contributed by atoms with E-state index in [1.807, 2.05) is 0 Å². The molecule has 0 spiro atoms. The third-order valence-electron chi connectivity index (χ3n) is 3.11. The fraction of sp³-hybridized carbons (Fsp3) is 0.750. The second kappa shape index (κ2) is 7.77. The first kappa shape index (κ1) is 18.7. The average Bonchev–Trinajstić information content (AvgIpc) is 2.42. The molecule has 0 radical (unpaired) electrons. The molecule has 2 N–H and O–H groups in total. The highest BCUT2D eigenvalue weighted by atomic mass is 16.6. The maximum absolute atomic E-state index is 11.3. The molecule has 0 aromatic rings. The molecule has 0 saturated heterocycles. The summed E-state index contributed by atoms with van der Waals surface area (Å²) in [5.74, 6) is -2.44. The second-order valence-electron chi connectivity index (χ2n) is 4.90. The molecule has 1 aliphatic rings. The van der Waals surface area contributed by atoms with Crippen LogP contribution in [0, 0.1) is 0 Å². The van der Waals surface area contributed by atoms with Crippen molar-refractivity contribution >= 4 is 17.9 Å². The monoisotopic (exact) mass is 331 g/mol. The van der Waals surface area contributed by atoms with Crippen LogP contribution in [0.2, 0.25) is 0 Å². The van der Waals surface area contributed by atoms with Crippen LogP contribution in [0.25, 0.3) is 10.4 Å². The minimum Gasteiger partial charge on any atom is -0.458 e. The Morgan fingerprint density at radius 3 is 1.74 bits per heavy atom. The molecular weight excluding hydrogens is 314 g/mol. The van der Waals surface area contributed by atoms with E-state index in [1.54, 1.807) is 0 Å². The first-order valence-corrected chi connectivity index (χ1v) is 6.61. The standard InChI is InChI=1S/C12H17N3O8/c1-4(16)21-10-7(14-15-13)8(19)9(20)11(22-5(2)17)12(10)23-6(3)18/h7-12,19-20H,1-3H3/t7-,8+,9+,10+,11-,12-/m0/s1. The highest BCUT2D eigenvalue weighted by Crippen LogP contribution is 2.30. The van der Waals surface area contributed by atoms with Crippen molar-refractivity contribution in [2.24, 2.45) is 5.11 Å². The molecule has 1 saturated carbocycles. The first-order chi connectivity index (χ1) is 10.7. The number of hydrogen-bond acceptors (Lipinski definition) is 9. The molecule has 11 heteroatoms. The summed E-state index contributed by atoms with van der Waals surface area (Å²) < 4.78 is 14.8. The number of hydrogen-bond donors (Lipinski definition) is 2. The number of ether oxygens (including phenoxy) is 3. The van der Waals surface area contributed by atoms with E-state index in [1.165, 1.54) is 0 Å². The van der Waals surface area contributed by atoms with Crippen LogP contribution in [0.15, 0.2) is 5.11 Å². The number of nitrogens with zero attached hydrogens (tertiary/aromatic N) is 3. The minimum absolute atomic E-state index is 0.810. The van der Waals surface area contributed by atoms with Crippen molar-refractivity contribution in [2.45, 2.75) is 57.3 Å². The van der Waals surface area contributed by atoms with Gasteiger partial charge >= 0.3 is 17.9 Å². The van der Waals surface area contributed by atoms with Crippen molar-refractivity contribution in [3.63, 3.8) is 0 Å². The zero-order valence-electron chi connectivity index (χ0n) is 12.6. The van der Waals surface area contributed by atoms with Crippen molar-refractivity contribution in [3.05, 3.63) is 10.4 Å². The third-order valence-corrected chi connectivity index (χ3v) is 3.11. The Labute approximate surface area is 130 Å². The molecule has 0 aromatic carbocycles. The highest BCUT2D eigenvalue weighted by Gasteiger charge is 2.54. The maximum atomic E-state index is 11.3. The zero-order valence-corrected chi connectivity index (χ0v) is 12.6. The fourth-order valence-electron chi connectivity index (χ4n) is 2.34. The largest absolute Gasteiger partial charge is 0.458 e. The highest BCUT2D eigenvalue weighted by molar-refractivity contribution is 5.68. The molecule has 0 amide bonds. The van der Waals surface area contributed by atoms with Gasteiger partial charge in [0.05, 0.1) is 6.10 Å². The van der Waals surface area contributed by atoms with E-state index in [2.05, 4.69) is 10.0 Å². The van der Waals surface area contributed by atoms with E-state index < -0.39 is 54.5 Å². The third kappa shape index (κ3) is 4.55. The summed E-state index contributed by atoms with van der Waals surface area (Å²) in [6, 6.07) is -1.44. The Morgan fingerprint density at radius 1 is 0.870 bits per heavy atom. The summed E-state index contributed by atoms with van der Waals surface area (Å²) in [5.41, 5.74) is 8.59. The average molecular weight is 331 g/mol. The van der Waals surface area contributed by atoms with Gasteiger partial charge in [-0.25, -0.2) is 0 Å². The van der Waals surface area contributed by atoms with E-state index >= 15 is 0 Å². The lowest BCUT2D eigenvalue weighted by atomic mass is 9.83. The molecule has 0 aromatic heterocycles. The Kier molecular flexibility index (Phi) is 6.31. The van der Waals surface area contributed by atoms with Gasteiger partial charge in [-0.1, -0.05) is 5.11 Å². The van der Waals surface area contributed by atoms with Gasteiger partial charge in [0.25, 0.3) is 0 Å². The lowest BCUT2D eigenvalue weighted by Crippen LogP contribution is -2.65. The topological polar surface area (TPSA) is 168 Å². The van der Waals surface area contributed by atoms with Gasteiger partial charge in [0, 0.05) is 25.7 Å². The maximum Gasteiger partial charge on any atom is 0.303 e. The van der Waals surface area contributed by atoms with Gasteiger partial charge in [0.2, 0.25) is 0 Å². The summed E-state index contributed by atoms with van der Waals surface area (Å²) in [6.07, 6.45) is -7.80. The Balaban J connectivity index is 3.30. The van der Waals surface area contributed by atoms with Crippen molar-refractivity contribution < 1.29 is 38.8 Å². The Morgan fingerprint density at radius 2 is 1.30 bits per heavy atom. The molecule has 0 bridgehead atoms. The van der Waals surface area contributed by atoms with E-state index in [9.17, 15) is 24.6 Å². The van der Waals surface area contributed by atoms with E-state index in [0.717, 1.165) is 20.8 Å². The van der Waals surface area contributed by atoms with Crippen LogP contribution in [-0.4, -0.2) is 64.7 Å². The minimum atomic E-state index is -1.72. The van der Waals surface area contributed by atoms with E-state index in [0.29, 0.717) is 0 Å². The molecular formula is C12H17N3O8. The molecule has 1 fully saturated rings. The van der Waals surface area contributed by atoms with Crippen LogP contribution in [0.1, 0.15) is 20.8 Å². The Hall–Kier alpha value is -2.36. The summed E-state index contributed by atoms with van der Waals surface area (Å²) in [4.78, 5) is 36.2. The molecule has 0 heterocycles. The molecule has 23 heavy (non-hydrogen) atoms. The van der Waals surface area contributed by atoms with Crippen LogP contribution < -0.4 is 0 Å². The van der Waals surface area contributed by atoms with Crippen molar-refractivity contribution in [3.8, 4) is 0 Å². The number of azide groups is 1. The number of aliphatic hydroxyl groups is 2. The number of aliphatic hydroxyl groups excluding tert-OH is 2. The van der Waals surface area contributed by atoms with Crippen molar-refractivity contribution in [2.75, 3.05) is 0 Å². The van der Waals surface area contributed by atoms with Crippen LogP contribution in [0.5, 0.6) is 0 Å². The normalized spacial score (nSPS) is 33.1. The second-order valence-corrected chi connectivity index (χ2v) is 4.90.